The SMILES string of the molecule is C=C1CC[C@H](CC(CCC)NC(=O)C2=NCCN=C2)[C@@]1(C)Cc1cnn(-c2ccc(F)cc2)c1C. The van der Waals surface area contributed by atoms with Gasteiger partial charge in [0.2, 0.25) is 0 Å². The number of benzene rings is 1. The van der Waals surface area contributed by atoms with Crippen molar-refractivity contribution in [2.45, 2.75) is 65.3 Å². The van der Waals surface area contributed by atoms with Crippen LogP contribution in [0.2, 0.25) is 0 Å². The molecule has 3 atom stereocenters. The molecule has 0 saturated heterocycles. The van der Waals surface area contributed by atoms with Crippen LogP contribution in [0.4, 0.5) is 4.39 Å². The van der Waals surface area contributed by atoms with Gasteiger partial charge in [-0.3, -0.25) is 14.8 Å². The molecule has 186 valence electrons. The Labute approximate surface area is 207 Å². The molecule has 7 heteroatoms. The number of aromatic nitrogens is 2. The van der Waals surface area contributed by atoms with Gasteiger partial charge in [-0.25, -0.2) is 9.07 Å². The Hall–Kier alpha value is -3.09. The Kier molecular flexibility index (Phi) is 7.63. The largest absolute Gasteiger partial charge is 0.348 e. The average Bonchev–Trinajstić information content (AvgIpc) is 3.34. The summed E-state index contributed by atoms with van der Waals surface area (Å²) in [6.07, 6.45) is 9.26. The van der Waals surface area contributed by atoms with Crippen LogP contribution in [0.3, 0.4) is 0 Å². The van der Waals surface area contributed by atoms with E-state index in [-0.39, 0.29) is 23.2 Å². The van der Waals surface area contributed by atoms with E-state index in [0.29, 0.717) is 24.7 Å². The van der Waals surface area contributed by atoms with Crippen LogP contribution < -0.4 is 5.32 Å². The summed E-state index contributed by atoms with van der Waals surface area (Å²) in [5.74, 6) is 0.0252. The van der Waals surface area contributed by atoms with E-state index in [0.717, 1.165) is 49.9 Å². The second kappa shape index (κ2) is 10.7. The summed E-state index contributed by atoms with van der Waals surface area (Å²) < 4.78 is 15.3. The van der Waals surface area contributed by atoms with Crippen molar-refractivity contribution in [3.8, 4) is 5.69 Å². The van der Waals surface area contributed by atoms with Gasteiger partial charge in [0, 0.05) is 11.7 Å². The van der Waals surface area contributed by atoms with E-state index in [1.165, 1.54) is 23.3 Å². The number of allylic oxidation sites excluding steroid dienone is 1. The number of aliphatic imine (C=N–C) groups is 2. The summed E-state index contributed by atoms with van der Waals surface area (Å²) in [6.45, 7) is 12.2. The molecule has 2 heterocycles. The lowest BCUT2D eigenvalue weighted by molar-refractivity contribution is -0.115. The molecule has 1 amide bonds. The standard InChI is InChI=1S/C28H36FN5O/c1-5-6-24(33-27(35)26-18-30-13-14-31-26)15-22-8-7-19(2)28(22,4)16-21-17-32-34(20(21)3)25-11-9-23(29)10-12-25/h9-12,17-18,22,24H,2,5-8,13-16H2,1,3-4H3,(H,33,35)/t22-,24?,28+/m1/s1. The number of hydrogen-bond donors (Lipinski definition) is 1. The van der Waals surface area contributed by atoms with Crippen molar-refractivity contribution in [3.05, 3.63) is 59.7 Å². The van der Waals surface area contributed by atoms with Crippen LogP contribution in [0.15, 0.2) is 52.6 Å². The van der Waals surface area contributed by atoms with E-state index >= 15 is 0 Å². The third-order valence-corrected chi connectivity index (χ3v) is 7.74. The number of nitrogens with one attached hydrogen (secondary N) is 1. The van der Waals surface area contributed by atoms with E-state index in [1.807, 2.05) is 10.9 Å². The highest BCUT2D eigenvalue weighted by Gasteiger charge is 2.43. The smallest absolute Gasteiger partial charge is 0.271 e. The fourth-order valence-electron chi connectivity index (χ4n) is 5.49. The minimum atomic E-state index is -0.257. The molecule has 0 bridgehead atoms. The molecular weight excluding hydrogens is 441 g/mol. The van der Waals surface area contributed by atoms with Crippen LogP contribution in [-0.4, -0.2) is 46.7 Å². The lowest BCUT2D eigenvalue weighted by atomic mass is 9.70. The monoisotopic (exact) mass is 477 g/mol. The van der Waals surface area contributed by atoms with E-state index in [9.17, 15) is 9.18 Å². The van der Waals surface area contributed by atoms with Crippen molar-refractivity contribution < 1.29 is 9.18 Å². The van der Waals surface area contributed by atoms with Crippen molar-refractivity contribution in [2.24, 2.45) is 21.3 Å². The molecule has 35 heavy (non-hydrogen) atoms. The predicted molar refractivity (Wildman–Crippen MR) is 139 cm³/mol. The zero-order valence-electron chi connectivity index (χ0n) is 21.1. The van der Waals surface area contributed by atoms with Gasteiger partial charge in [-0.2, -0.15) is 5.10 Å². The molecule has 4 rings (SSSR count). The van der Waals surface area contributed by atoms with Crippen LogP contribution in [-0.2, 0) is 11.2 Å². The van der Waals surface area contributed by atoms with Crippen molar-refractivity contribution in [1.82, 2.24) is 15.1 Å². The van der Waals surface area contributed by atoms with Crippen molar-refractivity contribution in [1.29, 1.82) is 0 Å². The van der Waals surface area contributed by atoms with E-state index in [2.05, 4.69) is 47.8 Å². The molecule has 1 N–H and O–H groups in total. The van der Waals surface area contributed by atoms with Crippen LogP contribution >= 0.6 is 0 Å². The minimum Gasteiger partial charge on any atom is -0.348 e. The third kappa shape index (κ3) is 5.44. The molecular formula is C28H36FN5O. The van der Waals surface area contributed by atoms with Gasteiger partial charge >= 0.3 is 0 Å². The molecule has 1 aromatic carbocycles. The van der Waals surface area contributed by atoms with E-state index in [4.69, 9.17) is 0 Å². The fraction of sp³-hybridized carbons (Fsp3) is 0.500. The maximum atomic E-state index is 13.4. The first kappa shape index (κ1) is 25.0. The Morgan fingerprint density at radius 1 is 1.31 bits per heavy atom. The van der Waals surface area contributed by atoms with E-state index < -0.39 is 0 Å². The van der Waals surface area contributed by atoms with Gasteiger partial charge in [0.15, 0.2) is 0 Å². The van der Waals surface area contributed by atoms with Gasteiger partial charge in [-0.15, -0.1) is 0 Å². The maximum Gasteiger partial charge on any atom is 0.271 e. The third-order valence-electron chi connectivity index (χ3n) is 7.74. The number of rotatable bonds is 9. The zero-order chi connectivity index (χ0) is 25.0. The molecule has 0 radical (unpaired) electrons. The second-order valence-corrected chi connectivity index (χ2v) is 10.1. The molecule has 2 aliphatic rings. The Balaban J connectivity index is 1.50. The Morgan fingerprint density at radius 3 is 2.77 bits per heavy atom. The lowest BCUT2D eigenvalue weighted by Gasteiger charge is -2.35. The van der Waals surface area contributed by atoms with Gasteiger partial charge in [0.25, 0.3) is 5.91 Å². The average molecular weight is 478 g/mol. The number of amides is 1. The highest BCUT2D eigenvalue weighted by atomic mass is 19.1. The number of hydrogen-bond acceptors (Lipinski definition) is 4. The number of halogens is 1. The highest BCUT2D eigenvalue weighted by Crippen LogP contribution is 2.51. The summed E-state index contributed by atoms with van der Waals surface area (Å²) >= 11 is 0. The van der Waals surface area contributed by atoms with Crippen molar-refractivity contribution in [3.63, 3.8) is 0 Å². The first-order valence-electron chi connectivity index (χ1n) is 12.6. The number of carbonyl (C=O) groups is 1. The van der Waals surface area contributed by atoms with Crippen molar-refractivity contribution >= 4 is 17.8 Å². The summed E-state index contributed by atoms with van der Waals surface area (Å²) in [7, 11) is 0. The molecule has 1 fully saturated rings. The van der Waals surface area contributed by atoms with E-state index in [1.54, 1.807) is 18.3 Å². The molecule has 0 spiro atoms. The van der Waals surface area contributed by atoms with Gasteiger partial charge in [-0.05, 0) is 80.2 Å². The van der Waals surface area contributed by atoms with Crippen molar-refractivity contribution in [2.75, 3.05) is 13.1 Å². The molecule has 2 aromatic rings. The Morgan fingerprint density at radius 2 is 2.09 bits per heavy atom. The van der Waals surface area contributed by atoms with Gasteiger partial charge in [0.05, 0.1) is 31.2 Å². The zero-order valence-corrected chi connectivity index (χ0v) is 21.1. The minimum absolute atomic E-state index is 0.0814. The molecule has 1 aliphatic carbocycles. The van der Waals surface area contributed by atoms with Gasteiger partial charge in [0.1, 0.15) is 11.5 Å². The normalized spacial score (nSPS) is 22.8. The number of carbonyl (C=O) groups excluding carboxylic acids is 1. The van der Waals surface area contributed by atoms with Gasteiger partial charge in [-0.1, -0.05) is 32.4 Å². The van der Waals surface area contributed by atoms with Gasteiger partial charge < -0.3 is 5.32 Å². The maximum absolute atomic E-state index is 13.4. The summed E-state index contributed by atoms with van der Waals surface area (Å²) in [5, 5.41) is 7.84. The Bertz CT molecular complexity index is 1130. The summed E-state index contributed by atoms with van der Waals surface area (Å²) in [5.41, 5.74) is 4.70. The molecule has 6 nitrogen and oxygen atoms in total. The van der Waals surface area contributed by atoms with Crippen LogP contribution in [0, 0.1) is 24.1 Å². The highest BCUT2D eigenvalue weighted by molar-refractivity contribution is 6.60. The van der Waals surface area contributed by atoms with Crippen LogP contribution in [0.25, 0.3) is 5.69 Å². The lowest BCUT2D eigenvalue weighted by Crippen LogP contribution is -2.42. The summed E-state index contributed by atoms with van der Waals surface area (Å²) in [6, 6.07) is 6.50. The fourth-order valence-corrected chi connectivity index (χ4v) is 5.49. The predicted octanol–water partition coefficient (Wildman–Crippen LogP) is 5.04. The topological polar surface area (TPSA) is 71.6 Å². The first-order valence-corrected chi connectivity index (χ1v) is 12.6. The molecule has 1 aliphatic heterocycles. The van der Waals surface area contributed by atoms with Crippen LogP contribution in [0.5, 0.6) is 0 Å². The molecule has 1 saturated carbocycles. The summed E-state index contributed by atoms with van der Waals surface area (Å²) in [4.78, 5) is 21.3. The second-order valence-electron chi connectivity index (χ2n) is 10.1. The molecule has 1 aromatic heterocycles. The molecule has 1 unspecified atom stereocenters. The number of nitrogens with zero attached hydrogens (tertiary/aromatic N) is 4. The van der Waals surface area contributed by atoms with Crippen LogP contribution in [0.1, 0.15) is 57.2 Å². The first-order chi connectivity index (χ1) is 16.8. The quantitative estimate of drug-likeness (QED) is 0.514.